The molecule has 2 N–H and O–H groups in total. The molecule has 6 heteroatoms. The van der Waals surface area contributed by atoms with Crippen molar-refractivity contribution < 1.29 is 19.4 Å². The summed E-state index contributed by atoms with van der Waals surface area (Å²) in [5.74, 6) is -0.0242. The summed E-state index contributed by atoms with van der Waals surface area (Å²) in [6.07, 6.45) is 2.73. The second-order valence-electron chi connectivity index (χ2n) is 4.58. The van der Waals surface area contributed by atoms with E-state index >= 15 is 0 Å². The predicted molar refractivity (Wildman–Crippen MR) is 69.1 cm³/mol. The van der Waals surface area contributed by atoms with Crippen molar-refractivity contribution in [1.29, 1.82) is 0 Å². The van der Waals surface area contributed by atoms with Crippen LogP contribution in [0.4, 0.5) is 5.82 Å². The molecule has 19 heavy (non-hydrogen) atoms. The molecule has 1 aromatic rings. The summed E-state index contributed by atoms with van der Waals surface area (Å²) >= 11 is 0. The lowest BCUT2D eigenvalue weighted by molar-refractivity contribution is -0.0544. The van der Waals surface area contributed by atoms with Crippen LogP contribution in [-0.4, -0.2) is 48.5 Å². The van der Waals surface area contributed by atoms with Crippen LogP contribution in [0, 0.1) is 0 Å². The Morgan fingerprint density at radius 3 is 3.00 bits per heavy atom. The minimum Gasteiger partial charge on any atom is -0.465 e. The fourth-order valence-corrected chi connectivity index (χ4v) is 2.00. The SMILES string of the molecule is COC(=O)c1cccnc1NCC1(O)CCOCC1. The van der Waals surface area contributed by atoms with Crippen molar-refractivity contribution in [2.75, 3.05) is 32.2 Å². The van der Waals surface area contributed by atoms with Crippen molar-refractivity contribution in [2.45, 2.75) is 18.4 Å². The second kappa shape index (κ2) is 5.99. The summed E-state index contributed by atoms with van der Waals surface area (Å²) < 4.78 is 9.91. The number of carbonyl (C=O) groups excluding carboxylic acids is 1. The standard InChI is InChI=1S/C13H18N2O4/c1-18-12(16)10-3-2-6-14-11(10)15-9-13(17)4-7-19-8-5-13/h2-3,6,17H,4-5,7-9H2,1H3,(H,14,15). The summed E-state index contributed by atoms with van der Waals surface area (Å²) in [4.78, 5) is 15.7. The third-order valence-electron chi connectivity index (χ3n) is 3.22. The van der Waals surface area contributed by atoms with E-state index in [2.05, 4.69) is 10.3 Å². The van der Waals surface area contributed by atoms with E-state index in [1.807, 2.05) is 0 Å². The molecule has 1 fully saturated rings. The Hall–Kier alpha value is -1.66. The molecule has 104 valence electrons. The first-order chi connectivity index (χ1) is 9.14. The van der Waals surface area contributed by atoms with Gasteiger partial charge in [-0.25, -0.2) is 9.78 Å². The molecule has 1 aromatic heterocycles. The number of nitrogens with zero attached hydrogens (tertiary/aromatic N) is 1. The monoisotopic (exact) mass is 266 g/mol. The lowest BCUT2D eigenvalue weighted by Crippen LogP contribution is -2.42. The first-order valence-corrected chi connectivity index (χ1v) is 6.22. The number of ether oxygens (including phenoxy) is 2. The van der Waals surface area contributed by atoms with Crippen molar-refractivity contribution in [3.05, 3.63) is 23.9 Å². The number of nitrogens with one attached hydrogen (secondary N) is 1. The fraction of sp³-hybridized carbons (Fsp3) is 0.538. The highest BCUT2D eigenvalue weighted by atomic mass is 16.5. The predicted octanol–water partition coefficient (Wildman–Crippen LogP) is 0.822. The van der Waals surface area contributed by atoms with E-state index in [1.165, 1.54) is 7.11 Å². The molecule has 0 amide bonds. The molecule has 0 saturated carbocycles. The maximum absolute atomic E-state index is 11.6. The van der Waals surface area contributed by atoms with Gasteiger partial charge in [0.05, 0.1) is 12.7 Å². The van der Waals surface area contributed by atoms with Crippen molar-refractivity contribution >= 4 is 11.8 Å². The van der Waals surface area contributed by atoms with Gasteiger partial charge < -0.3 is 19.9 Å². The summed E-state index contributed by atoms with van der Waals surface area (Å²) in [7, 11) is 1.32. The average Bonchev–Trinajstić information content (AvgIpc) is 2.45. The number of esters is 1. The van der Waals surface area contributed by atoms with Crippen LogP contribution in [0.1, 0.15) is 23.2 Å². The minimum absolute atomic E-state index is 0.331. The normalized spacial score (nSPS) is 17.8. The molecule has 0 aromatic carbocycles. The Morgan fingerprint density at radius 2 is 2.32 bits per heavy atom. The second-order valence-corrected chi connectivity index (χ2v) is 4.58. The van der Waals surface area contributed by atoms with Crippen molar-refractivity contribution in [2.24, 2.45) is 0 Å². The quantitative estimate of drug-likeness (QED) is 0.785. The van der Waals surface area contributed by atoms with E-state index < -0.39 is 11.6 Å². The lowest BCUT2D eigenvalue weighted by Gasteiger charge is -2.32. The number of pyridine rings is 1. The van der Waals surface area contributed by atoms with Gasteiger partial charge in [-0.05, 0) is 12.1 Å². The summed E-state index contributed by atoms with van der Waals surface area (Å²) in [5, 5.41) is 13.4. The smallest absolute Gasteiger partial charge is 0.341 e. The van der Waals surface area contributed by atoms with Crippen LogP contribution in [-0.2, 0) is 9.47 Å². The van der Waals surface area contributed by atoms with Crippen LogP contribution in [0.15, 0.2) is 18.3 Å². The molecule has 1 aliphatic rings. The number of aromatic nitrogens is 1. The molecule has 6 nitrogen and oxygen atoms in total. The van der Waals surface area contributed by atoms with Gasteiger partial charge in [-0.2, -0.15) is 0 Å². The summed E-state index contributed by atoms with van der Waals surface area (Å²) in [6.45, 7) is 1.42. The van der Waals surface area contributed by atoms with E-state index in [0.29, 0.717) is 44.0 Å². The Kier molecular flexibility index (Phi) is 4.34. The maximum atomic E-state index is 11.6. The minimum atomic E-state index is -0.816. The zero-order valence-electron chi connectivity index (χ0n) is 10.9. The zero-order chi connectivity index (χ0) is 13.7. The average molecular weight is 266 g/mol. The van der Waals surface area contributed by atoms with Crippen LogP contribution in [0.25, 0.3) is 0 Å². The van der Waals surface area contributed by atoms with Crippen LogP contribution in [0.3, 0.4) is 0 Å². The number of anilines is 1. The van der Waals surface area contributed by atoms with E-state index in [-0.39, 0.29) is 0 Å². The molecule has 0 aliphatic carbocycles. The number of methoxy groups -OCH3 is 1. The van der Waals surface area contributed by atoms with Crippen molar-refractivity contribution in [1.82, 2.24) is 4.98 Å². The van der Waals surface area contributed by atoms with Gasteiger partial charge in [-0.15, -0.1) is 0 Å². The summed E-state index contributed by atoms with van der Waals surface area (Å²) in [6, 6.07) is 3.30. The van der Waals surface area contributed by atoms with Crippen LogP contribution in [0.5, 0.6) is 0 Å². The number of carbonyl (C=O) groups is 1. The van der Waals surface area contributed by atoms with Gasteiger partial charge in [0.15, 0.2) is 0 Å². The highest BCUT2D eigenvalue weighted by Crippen LogP contribution is 2.22. The molecule has 0 radical (unpaired) electrons. The van der Waals surface area contributed by atoms with Crippen molar-refractivity contribution in [3.8, 4) is 0 Å². The van der Waals surface area contributed by atoms with Gasteiger partial charge >= 0.3 is 5.97 Å². The molecule has 2 rings (SSSR count). The lowest BCUT2D eigenvalue weighted by atomic mass is 9.94. The molecule has 1 aliphatic heterocycles. The molecular weight excluding hydrogens is 248 g/mol. The van der Waals surface area contributed by atoms with Gasteiger partial charge in [0.25, 0.3) is 0 Å². The first kappa shape index (κ1) is 13.8. The maximum Gasteiger partial charge on any atom is 0.341 e. The van der Waals surface area contributed by atoms with Crippen molar-refractivity contribution in [3.63, 3.8) is 0 Å². The Bertz CT molecular complexity index is 444. The molecule has 0 atom stereocenters. The third kappa shape index (κ3) is 3.42. The highest BCUT2D eigenvalue weighted by molar-refractivity contribution is 5.94. The number of rotatable bonds is 4. The Balaban J connectivity index is 2.04. The zero-order valence-corrected chi connectivity index (χ0v) is 10.9. The molecule has 1 saturated heterocycles. The molecular formula is C13H18N2O4. The van der Waals surface area contributed by atoms with Gasteiger partial charge in [0.1, 0.15) is 11.4 Å². The van der Waals surface area contributed by atoms with Gasteiger partial charge in [0, 0.05) is 38.8 Å². The number of hydrogen-bond donors (Lipinski definition) is 2. The van der Waals surface area contributed by atoms with Crippen LogP contribution in [0.2, 0.25) is 0 Å². The van der Waals surface area contributed by atoms with Crippen LogP contribution < -0.4 is 5.32 Å². The summed E-state index contributed by atoms with van der Waals surface area (Å²) in [5.41, 5.74) is -0.455. The Morgan fingerprint density at radius 1 is 1.58 bits per heavy atom. The fourth-order valence-electron chi connectivity index (χ4n) is 2.00. The number of aliphatic hydroxyl groups is 1. The molecule has 0 unspecified atom stereocenters. The first-order valence-electron chi connectivity index (χ1n) is 6.22. The van der Waals surface area contributed by atoms with E-state index in [9.17, 15) is 9.90 Å². The third-order valence-corrected chi connectivity index (χ3v) is 3.22. The van der Waals surface area contributed by atoms with Gasteiger partial charge in [0.2, 0.25) is 0 Å². The van der Waals surface area contributed by atoms with E-state index in [1.54, 1.807) is 18.3 Å². The van der Waals surface area contributed by atoms with E-state index in [0.717, 1.165) is 0 Å². The largest absolute Gasteiger partial charge is 0.465 e. The highest BCUT2D eigenvalue weighted by Gasteiger charge is 2.30. The number of hydrogen-bond acceptors (Lipinski definition) is 6. The molecule has 0 spiro atoms. The van der Waals surface area contributed by atoms with Crippen LogP contribution >= 0.6 is 0 Å². The molecule has 0 bridgehead atoms. The topological polar surface area (TPSA) is 80.7 Å². The van der Waals surface area contributed by atoms with Gasteiger partial charge in [-0.1, -0.05) is 0 Å². The van der Waals surface area contributed by atoms with Gasteiger partial charge in [-0.3, -0.25) is 0 Å². The Labute approximate surface area is 111 Å². The van der Waals surface area contributed by atoms with E-state index in [4.69, 9.17) is 9.47 Å². The molecule has 2 heterocycles.